The first-order valence-electron chi connectivity index (χ1n) is 7.91. The summed E-state index contributed by atoms with van der Waals surface area (Å²) in [5.74, 6) is 0.602. The van der Waals surface area contributed by atoms with E-state index in [1.165, 1.54) is 10.8 Å². The number of fused-ring (bicyclic) bond motifs is 2. The van der Waals surface area contributed by atoms with Crippen LogP contribution >= 0.6 is 0 Å². The van der Waals surface area contributed by atoms with Crippen molar-refractivity contribution in [2.24, 2.45) is 0 Å². The van der Waals surface area contributed by atoms with E-state index in [0.29, 0.717) is 22.3 Å². The summed E-state index contributed by atoms with van der Waals surface area (Å²) in [6.07, 6.45) is 6.42. The van der Waals surface area contributed by atoms with Gasteiger partial charge in [-0.25, -0.2) is 4.98 Å². The van der Waals surface area contributed by atoms with Gasteiger partial charge in [0.25, 0.3) is 5.91 Å². The Balaban J connectivity index is 1.80. The zero-order chi connectivity index (χ0) is 18.1. The zero-order valence-electron chi connectivity index (χ0n) is 14.0. The second-order valence-corrected chi connectivity index (χ2v) is 5.67. The number of nitrogens with zero attached hydrogens (tertiary/aromatic N) is 4. The second kappa shape index (κ2) is 6.29. The van der Waals surface area contributed by atoms with E-state index in [1.54, 1.807) is 37.7 Å². The molecule has 7 nitrogen and oxygen atoms in total. The van der Waals surface area contributed by atoms with Crippen LogP contribution in [-0.4, -0.2) is 32.8 Å². The normalized spacial score (nSPS) is 11.4. The Kier molecular flexibility index (Phi) is 3.81. The van der Waals surface area contributed by atoms with Crippen LogP contribution in [-0.2, 0) is 0 Å². The number of anilines is 1. The number of ether oxygens (including phenoxy) is 1. The molecule has 7 heteroatoms. The highest BCUT2D eigenvalue weighted by Crippen LogP contribution is 2.26. The molecule has 128 valence electrons. The maximum atomic E-state index is 12.6. The maximum absolute atomic E-state index is 12.6. The molecule has 26 heavy (non-hydrogen) atoms. The summed E-state index contributed by atoms with van der Waals surface area (Å²) in [6, 6.07) is 11.1. The minimum Gasteiger partial charge on any atom is -0.497 e. The van der Waals surface area contributed by atoms with E-state index in [4.69, 9.17) is 10.5 Å². The lowest BCUT2D eigenvalue weighted by Crippen LogP contribution is -2.10. The molecule has 0 spiro atoms. The number of carbonyl (C=O) groups excluding carboxylic acids is 1. The van der Waals surface area contributed by atoms with Crippen molar-refractivity contribution >= 4 is 39.7 Å². The lowest BCUT2D eigenvalue weighted by atomic mass is 10.2. The fraction of sp³-hybridized carbons (Fsp3) is 0.0526. The van der Waals surface area contributed by atoms with Crippen LogP contribution in [0.3, 0.4) is 0 Å². The first kappa shape index (κ1) is 15.8. The van der Waals surface area contributed by atoms with Crippen molar-refractivity contribution in [2.45, 2.75) is 0 Å². The van der Waals surface area contributed by atoms with E-state index < -0.39 is 0 Å². The lowest BCUT2D eigenvalue weighted by Gasteiger charge is -2.03. The highest BCUT2D eigenvalue weighted by molar-refractivity contribution is 6.04. The molecular formula is C19H15N5O2. The maximum Gasteiger partial charge on any atom is 0.272 e. The van der Waals surface area contributed by atoms with Crippen molar-refractivity contribution in [3.05, 3.63) is 60.4 Å². The molecule has 0 saturated carbocycles. The van der Waals surface area contributed by atoms with Crippen LogP contribution in [0.2, 0.25) is 0 Å². The molecule has 4 rings (SSSR count). The smallest absolute Gasteiger partial charge is 0.272 e. The van der Waals surface area contributed by atoms with Gasteiger partial charge >= 0.3 is 0 Å². The van der Waals surface area contributed by atoms with Gasteiger partial charge in [-0.05, 0) is 35.9 Å². The number of rotatable bonds is 3. The van der Waals surface area contributed by atoms with E-state index in [1.807, 2.05) is 24.3 Å². The molecule has 0 bridgehead atoms. The monoisotopic (exact) mass is 345 g/mol. The topological polar surface area (TPSA) is 95.9 Å². The second-order valence-electron chi connectivity index (χ2n) is 5.67. The largest absolute Gasteiger partial charge is 0.497 e. The molecule has 0 saturated heterocycles. The zero-order valence-corrected chi connectivity index (χ0v) is 14.0. The summed E-state index contributed by atoms with van der Waals surface area (Å²) in [5.41, 5.74) is 7.90. The molecule has 3 heterocycles. The molecular weight excluding hydrogens is 330 g/mol. The summed E-state index contributed by atoms with van der Waals surface area (Å²) >= 11 is 0. The third-order valence-corrected chi connectivity index (χ3v) is 4.00. The number of allylic oxidation sites excluding steroid dienone is 1. The van der Waals surface area contributed by atoms with Crippen molar-refractivity contribution in [3.63, 3.8) is 0 Å². The molecule has 0 radical (unpaired) electrons. The van der Waals surface area contributed by atoms with Crippen molar-refractivity contribution in [2.75, 3.05) is 12.8 Å². The predicted molar refractivity (Wildman–Crippen MR) is 99.9 cm³/mol. The van der Waals surface area contributed by atoms with Crippen molar-refractivity contribution in [1.82, 2.24) is 19.7 Å². The quantitative estimate of drug-likeness (QED) is 0.574. The van der Waals surface area contributed by atoms with Crippen molar-refractivity contribution in [1.29, 1.82) is 0 Å². The average Bonchev–Trinajstić information content (AvgIpc) is 3.00. The number of nitrogens with two attached hydrogens (primary N) is 1. The van der Waals surface area contributed by atoms with Crippen molar-refractivity contribution in [3.8, 4) is 5.75 Å². The summed E-state index contributed by atoms with van der Waals surface area (Å²) in [4.78, 5) is 21.1. The number of pyridine rings is 2. The third kappa shape index (κ3) is 2.75. The Hall–Kier alpha value is -3.74. The van der Waals surface area contributed by atoms with Gasteiger partial charge in [-0.1, -0.05) is 6.07 Å². The highest BCUT2D eigenvalue weighted by atomic mass is 16.5. The van der Waals surface area contributed by atoms with Gasteiger partial charge in [0.2, 0.25) is 0 Å². The minimum atomic E-state index is -0.342. The standard InChI is InChI=1S/C19H15N5O2/c1-26-14-6-5-13-9-15-18(20)23-24(19(15)22-16(13)10-14)17(25)7-4-12-3-2-8-21-11-12/h2-11H,1H3,(H2,20,23). The molecule has 0 fully saturated rings. The van der Waals surface area contributed by atoms with Crippen LogP contribution in [0.1, 0.15) is 10.4 Å². The number of benzene rings is 1. The van der Waals surface area contributed by atoms with Crippen molar-refractivity contribution < 1.29 is 9.53 Å². The SMILES string of the molecule is COc1ccc2cc3c(N)nn(C(=O)C=Cc4cccnc4)c3nc2c1. The van der Waals surface area contributed by atoms with Crippen LogP contribution in [0.25, 0.3) is 28.0 Å². The summed E-state index contributed by atoms with van der Waals surface area (Å²) in [7, 11) is 1.59. The third-order valence-electron chi connectivity index (χ3n) is 4.00. The van der Waals surface area contributed by atoms with Gasteiger partial charge in [0.05, 0.1) is 18.0 Å². The van der Waals surface area contributed by atoms with E-state index in [9.17, 15) is 4.79 Å². The first-order valence-corrected chi connectivity index (χ1v) is 7.91. The van der Waals surface area contributed by atoms with E-state index >= 15 is 0 Å². The first-order chi connectivity index (χ1) is 12.7. The molecule has 2 N–H and O–H groups in total. The van der Waals surface area contributed by atoms with E-state index in [2.05, 4.69) is 15.1 Å². The van der Waals surface area contributed by atoms with Gasteiger partial charge < -0.3 is 10.5 Å². The molecule has 3 aromatic heterocycles. The van der Waals surface area contributed by atoms with Crippen LogP contribution in [0.5, 0.6) is 5.75 Å². The molecule has 0 amide bonds. The predicted octanol–water partition coefficient (Wildman–Crippen LogP) is 2.92. The Morgan fingerprint density at radius 1 is 1.27 bits per heavy atom. The van der Waals surface area contributed by atoms with Crippen LogP contribution in [0, 0.1) is 0 Å². The van der Waals surface area contributed by atoms with Crippen LogP contribution in [0.4, 0.5) is 5.82 Å². The number of hydrogen-bond donors (Lipinski definition) is 1. The van der Waals surface area contributed by atoms with Gasteiger partial charge in [-0.15, -0.1) is 5.10 Å². The number of methoxy groups -OCH3 is 1. The van der Waals surface area contributed by atoms with Crippen LogP contribution < -0.4 is 10.5 Å². The Labute approximate surface area is 148 Å². The minimum absolute atomic E-state index is 0.258. The Morgan fingerprint density at radius 3 is 2.92 bits per heavy atom. The number of nitrogen functional groups attached to an aromatic ring is 1. The molecule has 0 aliphatic carbocycles. The van der Waals surface area contributed by atoms with Gasteiger partial charge in [0, 0.05) is 29.9 Å². The van der Waals surface area contributed by atoms with Gasteiger partial charge in [-0.2, -0.15) is 4.68 Å². The molecule has 4 aromatic rings. The van der Waals surface area contributed by atoms with E-state index in [0.717, 1.165) is 10.9 Å². The Bertz CT molecular complexity index is 1150. The average molecular weight is 345 g/mol. The molecule has 0 atom stereocenters. The fourth-order valence-electron chi connectivity index (χ4n) is 2.69. The highest BCUT2D eigenvalue weighted by Gasteiger charge is 2.15. The number of aromatic nitrogens is 4. The lowest BCUT2D eigenvalue weighted by molar-refractivity contribution is 0.0960. The molecule has 0 aliphatic heterocycles. The fourth-order valence-corrected chi connectivity index (χ4v) is 2.69. The molecule has 1 aromatic carbocycles. The van der Waals surface area contributed by atoms with Gasteiger partial charge in [-0.3, -0.25) is 9.78 Å². The summed E-state index contributed by atoms with van der Waals surface area (Å²) in [5, 5.41) is 5.67. The van der Waals surface area contributed by atoms with E-state index in [-0.39, 0.29) is 11.7 Å². The van der Waals surface area contributed by atoms with Gasteiger partial charge in [0.15, 0.2) is 11.5 Å². The number of carbonyl (C=O) groups is 1. The summed E-state index contributed by atoms with van der Waals surface area (Å²) < 4.78 is 6.44. The molecule has 0 aliphatic rings. The Morgan fingerprint density at radius 2 is 2.15 bits per heavy atom. The van der Waals surface area contributed by atoms with Crippen LogP contribution in [0.15, 0.2) is 54.9 Å². The molecule has 0 unspecified atom stereocenters. The number of hydrogen-bond acceptors (Lipinski definition) is 6. The summed E-state index contributed by atoms with van der Waals surface area (Å²) in [6.45, 7) is 0. The van der Waals surface area contributed by atoms with Gasteiger partial charge in [0.1, 0.15) is 5.75 Å².